The molecule has 4 nitrogen and oxygen atoms in total. The monoisotopic (exact) mass is 181 g/mol. The maximum atomic E-state index is 10.9. The molecule has 0 saturated heterocycles. The number of H-pyrrole nitrogens is 1. The maximum Gasteiger partial charge on any atom is 0.266 e. The minimum atomic E-state index is -0.152. The van der Waals surface area contributed by atoms with Crippen LogP contribution in [0.3, 0.4) is 0 Å². The van der Waals surface area contributed by atoms with Crippen molar-refractivity contribution >= 4 is 5.69 Å². The van der Waals surface area contributed by atoms with Crippen molar-refractivity contribution in [1.29, 1.82) is 0 Å². The predicted molar refractivity (Wildman–Crippen MR) is 53.0 cm³/mol. The quantitative estimate of drug-likeness (QED) is 0.754. The molecule has 72 valence electrons. The summed E-state index contributed by atoms with van der Waals surface area (Å²) in [6.07, 6.45) is 3.95. The van der Waals surface area contributed by atoms with Crippen molar-refractivity contribution in [2.45, 2.75) is 19.8 Å². The van der Waals surface area contributed by atoms with E-state index in [9.17, 15) is 4.79 Å². The molecule has 0 unspecified atom stereocenters. The van der Waals surface area contributed by atoms with E-state index in [1.807, 2.05) is 11.9 Å². The topological polar surface area (TPSA) is 49.0 Å². The molecule has 1 aromatic rings. The third-order valence-corrected chi connectivity index (χ3v) is 1.94. The normalized spacial score (nSPS) is 10.0. The Morgan fingerprint density at radius 2 is 2.38 bits per heavy atom. The smallest absolute Gasteiger partial charge is 0.266 e. The van der Waals surface area contributed by atoms with Crippen molar-refractivity contribution in [3.8, 4) is 0 Å². The van der Waals surface area contributed by atoms with Gasteiger partial charge in [-0.15, -0.1) is 0 Å². The van der Waals surface area contributed by atoms with E-state index in [4.69, 9.17) is 0 Å². The zero-order valence-corrected chi connectivity index (χ0v) is 8.08. The SMILES string of the molecule is CCCCN(C)c1cn[nH]c(=O)c1. The van der Waals surface area contributed by atoms with Crippen LogP contribution in [0.2, 0.25) is 0 Å². The van der Waals surface area contributed by atoms with Crippen LogP contribution in [0.5, 0.6) is 0 Å². The Labute approximate surface area is 77.6 Å². The van der Waals surface area contributed by atoms with Crippen molar-refractivity contribution in [2.75, 3.05) is 18.5 Å². The third-order valence-electron chi connectivity index (χ3n) is 1.94. The Morgan fingerprint density at radius 1 is 1.62 bits per heavy atom. The molecular formula is C9H15N3O. The number of nitrogens with zero attached hydrogens (tertiary/aromatic N) is 2. The summed E-state index contributed by atoms with van der Waals surface area (Å²) >= 11 is 0. The first kappa shape index (κ1) is 9.77. The average Bonchev–Trinajstić information content (AvgIpc) is 2.14. The number of unbranched alkanes of at least 4 members (excludes halogenated alkanes) is 1. The van der Waals surface area contributed by atoms with Gasteiger partial charge in [-0.25, -0.2) is 5.10 Å². The summed E-state index contributed by atoms with van der Waals surface area (Å²) < 4.78 is 0. The Hall–Kier alpha value is -1.32. The van der Waals surface area contributed by atoms with Crippen molar-refractivity contribution in [3.63, 3.8) is 0 Å². The lowest BCUT2D eigenvalue weighted by Crippen LogP contribution is -2.20. The van der Waals surface area contributed by atoms with E-state index in [1.165, 1.54) is 0 Å². The third kappa shape index (κ3) is 2.89. The summed E-state index contributed by atoms with van der Waals surface area (Å²) in [4.78, 5) is 13.0. The molecule has 1 rings (SSSR count). The van der Waals surface area contributed by atoms with Crippen LogP contribution in [0.15, 0.2) is 17.1 Å². The second kappa shape index (κ2) is 4.64. The molecule has 0 aliphatic heterocycles. The van der Waals surface area contributed by atoms with Crippen LogP contribution in [0.4, 0.5) is 5.69 Å². The summed E-state index contributed by atoms with van der Waals surface area (Å²) in [5.74, 6) is 0. The summed E-state index contributed by atoms with van der Waals surface area (Å²) in [5.41, 5.74) is 0.720. The van der Waals surface area contributed by atoms with Crippen LogP contribution in [-0.2, 0) is 0 Å². The van der Waals surface area contributed by atoms with Gasteiger partial charge in [-0.2, -0.15) is 5.10 Å². The van der Waals surface area contributed by atoms with E-state index in [-0.39, 0.29) is 5.56 Å². The molecule has 0 amide bonds. The lowest BCUT2D eigenvalue weighted by atomic mass is 10.3. The number of nitrogens with one attached hydrogen (secondary N) is 1. The largest absolute Gasteiger partial charge is 0.373 e. The summed E-state index contributed by atoms with van der Waals surface area (Å²) in [7, 11) is 1.96. The van der Waals surface area contributed by atoms with Crippen molar-refractivity contribution < 1.29 is 0 Å². The lowest BCUT2D eigenvalue weighted by molar-refractivity contribution is 0.763. The number of rotatable bonds is 4. The summed E-state index contributed by atoms with van der Waals surface area (Å²) in [5, 5.41) is 6.08. The van der Waals surface area contributed by atoms with Gasteiger partial charge in [-0.3, -0.25) is 4.79 Å². The first-order chi connectivity index (χ1) is 6.24. The van der Waals surface area contributed by atoms with Gasteiger partial charge in [0.2, 0.25) is 0 Å². The van der Waals surface area contributed by atoms with Gasteiger partial charge in [0.05, 0.1) is 11.9 Å². The highest BCUT2D eigenvalue weighted by atomic mass is 16.1. The lowest BCUT2D eigenvalue weighted by Gasteiger charge is -2.17. The second-order valence-corrected chi connectivity index (χ2v) is 3.08. The molecule has 4 heteroatoms. The van der Waals surface area contributed by atoms with E-state index in [1.54, 1.807) is 12.3 Å². The number of hydrogen-bond donors (Lipinski definition) is 1. The van der Waals surface area contributed by atoms with Crippen LogP contribution < -0.4 is 10.5 Å². The van der Waals surface area contributed by atoms with Crippen LogP contribution in [0.25, 0.3) is 0 Å². The standard InChI is InChI=1S/C9H15N3O/c1-3-4-5-12(2)8-6-9(13)11-10-7-8/h6-7H,3-5H2,1-2H3,(H,11,13). The highest BCUT2D eigenvalue weighted by Crippen LogP contribution is 2.06. The minimum absolute atomic E-state index is 0.152. The van der Waals surface area contributed by atoms with Crippen molar-refractivity contribution in [2.24, 2.45) is 0 Å². The van der Waals surface area contributed by atoms with Crippen LogP contribution >= 0.6 is 0 Å². The molecule has 0 spiro atoms. The zero-order valence-electron chi connectivity index (χ0n) is 8.08. The van der Waals surface area contributed by atoms with Crippen LogP contribution in [0, 0.1) is 0 Å². The second-order valence-electron chi connectivity index (χ2n) is 3.08. The number of anilines is 1. The number of hydrogen-bond acceptors (Lipinski definition) is 3. The van der Waals surface area contributed by atoms with Gasteiger partial charge in [0.15, 0.2) is 0 Å². The van der Waals surface area contributed by atoms with Gasteiger partial charge < -0.3 is 4.90 Å². The van der Waals surface area contributed by atoms with Gasteiger partial charge in [0.25, 0.3) is 5.56 Å². The molecular weight excluding hydrogens is 166 g/mol. The molecule has 0 fully saturated rings. The van der Waals surface area contributed by atoms with Crippen LogP contribution in [-0.4, -0.2) is 23.8 Å². The van der Waals surface area contributed by atoms with Gasteiger partial charge in [0.1, 0.15) is 0 Å². The molecule has 0 aliphatic carbocycles. The predicted octanol–water partition coefficient (Wildman–Crippen LogP) is 1.01. The van der Waals surface area contributed by atoms with E-state index in [0.29, 0.717) is 0 Å². The summed E-state index contributed by atoms with van der Waals surface area (Å²) in [6.45, 7) is 3.10. The zero-order chi connectivity index (χ0) is 9.68. The van der Waals surface area contributed by atoms with E-state index >= 15 is 0 Å². The Balaban J connectivity index is 2.65. The molecule has 13 heavy (non-hydrogen) atoms. The average molecular weight is 181 g/mol. The first-order valence-electron chi connectivity index (χ1n) is 4.50. The fourth-order valence-electron chi connectivity index (χ4n) is 1.10. The molecule has 0 atom stereocenters. The highest BCUT2D eigenvalue weighted by molar-refractivity contribution is 5.41. The van der Waals surface area contributed by atoms with Crippen molar-refractivity contribution in [1.82, 2.24) is 10.2 Å². The fourth-order valence-corrected chi connectivity index (χ4v) is 1.10. The minimum Gasteiger partial charge on any atom is -0.373 e. The van der Waals surface area contributed by atoms with Gasteiger partial charge in [-0.1, -0.05) is 13.3 Å². The molecule has 1 heterocycles. The van der Waals surface area contributed by atoms with Gasteiger partial charge in [0, 0.05) is 19.7 Å². The van der Waals surface area contributed by atoms with Gasteiger partial charge >= 0.3 is 0 Å². The fraction of sp³-hybridized carbons (Fsp3) is 0.556. The molecule has 0 aromatic carbocycles. The number of aromatic nitrogens is 2. The van der Waals surface area contributed by atoms with E-state index in [0.717, 1.165) is 25.1 Å². The Kier molecular flexibility index (Phi) is 3.49. The van der Waals surface area contributed by atoms with E-state index < -0.39 is 0 Å². The molecule has 0 saturated carbocycles. The highest BCUT2D eigenvalue weighted by Gasteiger charge is 2.00. The van der Waals surface area contributed by atoms with Crippen molar-refractivity contribution in [3.05, 3.63) is 22.6 Å². The number of aromatic amines is 1. The summed E-state index contributed by atoms with van der Waals surface area (Å²) in [6, 6.07) is 1.56. The Bertz CT molecular complexity index is 308. The van der Waals surface area contributed by atoms with Crippen LogP contribution in [0.1, 0.15) is 19.8 Å². The Morgan fingerprint density at radius 3 is 3.00 bits per heavy atom. The molecule has 1 aromatic heterocycles. The van der Waals surface area contributed by atoms with E-state index in [2.05, 4.69) is 17.1 Å². The maximum absolute atomic E-state index is 10.9. The first-order valence-corrected chi connectivity index (χ1v) is 4.50. The molecule has 0 radical (unpaired) electrons. The molecule has 0 aliphatic rings. The molecule has 1 N–H and O–H groups in total. The molecule has 0 bridgehead atoms. The van der Waals surface area contributed by atoms with Gasteiger partial charge in [-0.05, 0) is 6.42 Å².